The maximum atomic E-state index is 14.6. The summed E-state index contributed by atoms with van der Waals surface area (Å²) in [6.07, 6.45) is 0. The van der Waals surface area contributed by atoms with E-state index in [0.717, 1.165) is 18.2 Å². The lowest BCUT2D eigenvalue weighted by Crippen LogP contribution is -2.46. The standard InChI is InChI=1S/C26H24F4N3O3P/c1-13-18-5-4-14(25(34)31-11-19-20(28)8-16(27)9-23(19)37)7-22(18)33(26(35)32(13)2)12-15-6-17(36-3)10-21(29)24(15)30/h4-10,13H,11-12,37H2,1-3H3,(H,31,34). The fourth-order valence-electron chi connectivity index (χ4n) is 4.19. The summed E-state index contributed by atoms with van der Waals surface area (Å²) in [6, 6.07) is 7.96. The van der Waals surface area contributed by atoms with E-state index in [1.165, 1.54) is 29.0 Å². The largest absolute Gasteiger partial charge is 0.497 e. The highest BCUT2D eigenvalue weighted by molar-refractivity contribution is 7.27. The zero-order valence-electron chi connectivity index (χ0n) is 20.2. The van der Waals surface area contributed by atoms with Gasteiger partial charge in [-0.25, -0.2) is 22.4 Å². The number of hydrogen-bond donors (Lipinski definition) is 1. The molecule has 1 aliphatic heterocycles. The highest BCUT2D eigenvalue weighted by atomic mass is 31.0. The van der Waals surface area contributed by atoms with Gasteiger partial charge in [0.25, 0.3) is 5.91 Å². The third-order valence-corrected chi connectivity index (χ3v) is 6.92. The summed E-state index contributed by atoms with van der Waals surface area (Å²) in [6.45, 7) is 1.29. The molecule has 0 spiro atoms. The summed E-state index contributed by atoms with van der Waals surface area (Å²) in [4.78, 5) is 28.8. The van der Waals surface area contributed by atoms with Crippen LogP contribution < -0.4 is 20.3 Å². The summed E-state index contributed by atoms with van der Waals surface area (Å²) >= 11 is 0. The van der Waals surface area contributed by atoms with Gasteiger partial charge in [0.1, 0.15) is 17.4 Å². The molecule has 0 fully saturated rings. The second kappa shape index (κ2) is 10.4. The molecule has 0 saturated carbocycles. The Bertz CT molecular complexity index is 1380. The number of halogens is 4. The van der Waals surface area contributed by atoms with E-state index in [1.807, 2.05) is 0 Å². The van der Waals surface area contributed by atoms with Gasteiger partial charge in [0.15, 0.2) is 11.6 Å². The number of urea groups is 1. The number of ether oxygens (including phenoxy) is 1. The Balaban J connectivity index is 1.66. The average Bonchev–Trinajstić information content (AvgIpc) is 2.86. The molecular weight excluding hydrogens is 509 g/mol. The van der Waals surface area contributed by atoms with Crippen LogP contribution in [0.2, 0.25) is 0 Å². The van der Waals surface area contributed by atoms with Crippen LogP contribution in [-0.2, 0) is 13.1 Å². The van der Waals surface area contributed by atoms with Crippen molar-refractivity contribution in [2.75, 3.05) is 19.1 Å². The van der Waals surface area contributed by atoms with Crippen molar-refractivity contribution in [2.45, 2.75) is 26.1 Å². The fourth-order valence-corrected chi connectivity index (χ4v) is 4.59. The van der Waals surface area contributed by atoms with Crippen molar-refractivity contribution < 1.29 is 31.9 Å². The van der Waals surface area contributed by atoms with E-state index in [9.17, 15) is 27.2 Å². The molecule has 37 heavy (non-hydrogen) atoms. The molecule has 11 heteroatoms. The van der Waals surface area contributed by atoms with Crippen LogP contribution in [0.4, 0.5) is 28.0 Å². The third kappa shape index (κ3) is 5.11. The van der Waals surface area contributed by atoms with Crippen molar-refractivity contribution in [3.8, 4) is 5.75 Å². The normalized spacial score (nSPS) is 15.0. The van der Waals surface area contributed by atoms with E-state index >= 15 is 0 Å². The summed E-state index contributed by atoms with van der Waals surface area (Å²) in [5.74, 6) is -4.22. The Labute approximate surface area is 213 Å². The maximum Gasteiger partial charge on any atom is 0.325 e. The van der Waals surface area contributed by atoms with Crippen LogP contribution in [0.1, 0.15) is 40.0 Å². The van der Waals surface area contributed by atoms with Crippen LogP contribution in [0.25, 0.3) is 0 Å². The van der Waals surface area contributed by atoms with E-state index in [2.05, 4.69) is 14.6 Å². The van der Waals surface area contributed by atoms with Gasteiger partial charge in [0.2, 0.25) is 0 Å². The Morgan fingerprint density at radius 1 is 1.08 bits per heavy atom. The summed E-state index contributed by atoms with van der Waals surface area (Å²) < 4.78 is 61.3. The number of amides is 3. The van der Waals surface area contributed by atoms with Gasteiger partial charge in [-0.05, 0) is 42.1 Å². The minimum absolute atomic E-state index is 0.0925. The van der Waals surface area contributed by atoms with E-state index in [4.69, 9.17) is 4.74 Å². The number of nitrogens with zero attached hydrogens (tertiary/aromatic N) is 2. The summed E-state index contributed by atoms with van der Waals surface area (Å²) in [7, 11) is 5.13. The van der Waals surface area contributed by atoms with Gasteiger partial charge in [-0.15, -0.1) is 9.24 Å². The minimum Gasteiger partial charge on any atom is -0.497 e. The molecule has 1 heterocycles. The van der Waals surface area contributed by atoms with Crippen molar-refractivity contribution in [3.63, 3.8) is 0 Å². The molecule has 3 aromatic carbocycles. The van der Waals surface area contributed by atoms with Gasteiger partial charge in [0.05, 0.1) is 25.4 Å². The van der Waals surface area contributed by atoms with Crippen LogP contribution in [0.3, 0.4) is 0 Å². The molecule has 0 aliphatic carbocycles. The molecule has 0 saturated heterocycles. The lowest BCUT2D eigenvalue weighted by Gasteiger charge is -2.39. The second-order valence-electron chi connectivity index (χ2n) is 8.65. The van der Waals surface area contributed by atoms with Crippen molar-refractivity contribution >= 4 is 32.2 Å². The number of carbonyl (C=O) groups is 2. The molecule has 4 rings (SSSR count). The zero-order chi connectivity index (χ0) is 27.0. The van der Waals surface area contributed by atoms with Crippen LogP contribution in [0, 0.1) is 23.3 Å². The summed E-state index contributed by atoms with van der Waals surface area (Å²) in [5.41, 5.74) is 1.22. The molecule has 194 valence electrons. The number of hydrogen-bond acceptors (Lipinski definition) is 3. The van der Waals surface area contributed by atoms with Crippen LogP contribution in [0.5, 0.6) is 5.75 Å². The average molecular weight is 533 g/mol. The van der Waals surface area contributed by atoms with Gasteiger partial charge >= 0.3 is 6.03 Å². The van der Waals surface area contributed by atoms with Crippen molar-refractivity contribution in [3.05, 3.63) is 88.0 Å². The first-order valence-electron chi connectivity index (χ1n) is 11.2. The fraction of sp³-hybridized carbons (Fsp3) is 0.231. The number of carbonyl (C=O) groups excluding carboxylic acids is 2. The molecule has 0 aromatic heterocycles. The molecule has 3 amide bonds. The number of anilines is 1. The highest BCUT2D eigenvalue weighted by Crippen LogP contribution is 2.38. The predicted molar refractivity (Wildman–Crippen MR) is 134 cm³/mol. The van der Waals surface area contributed by atoms with E-state index < -0.39 is 35.2 Å². The number of fused-ring (bicyclic) bond motifs is 1. The van der Waals surface area contributed by atoms with Gasteiger partial charge < -0.3 is 15.0 Å². The zero-order valence-corrected chi connectivity index (χ0v) is 21.4. The molecule has 3 aromatic rings. The van der Waals surface area contributed by atoms with Crippen LogP contribution in [-0.4, -0.2) is 31.0 Å². The van der Waals surface area contributed by atoms with Gasteiger partial charge in [-0.2, -0.15) is 0 Å². The Morgan fingerprint density at radius 3 is 2.49 bits per heavy atom. The number of rotatable bonds is 6. The Morgan fingerprint density at radius 2 is 1.81 bits per heavy atom. The van der Waals surface area contributed by atoms with E-state index in [-0.39, 0.29) is 46.9 Å². The first-order chi connectivity index (χ1) is 17.5. The van der Waals surface area contributed by atoms with Gasteiger partial charge in [-0.3, -0.25) is 9.69 Å². The third-order valence-electron chi connectivity index (χ3n) is 6.41. The molecule has 1 aliphatic rings. The molecule has 6 nitrogen and oxygen atoms in total. The number of nitrogens with one attached hydrogen (secondary N) is 1. The molecular formula is C26H24F4N3O3P. The summed E-state index contributed by atoms with van der Waals surface area (Å²) in [5, 5.41) is 2.86. The van der Waals surface area contributed by atoms with Crippen LogP contribution >= 0.6 is 9.24 Å². The molecule has 2 atom stereocenters. The van der Waals surface area contributed by atoms with Crippen LogP contribution in [0.15, 0.2) is 42.5 Å². The predicted octanol–water partition coefficient (Wildman–Crippen LogP) is 4.82. The number of benzene rings is 3. The maximum absolute atomic E-state index is 14.6. The number of methoxy groups -OCH3 is 1. The molecule has 0 bridgehead atoms. The first-order valence-corrected chi connectivity index (χ1v) is 11.8. The SMILES string of the molecule is COc1cc(F)c(F)c(CN2C(=O)N(C)C(C)c3ccc(C(=O)NCc4c(F)cc(F)cc4P)cc32)c1. The highest BCUT2D eigenvalue weighted by Gasteiger charge is 2.34. The van der Waals surface area contributed by atoms with Gasteiger partial charge in [0, 0.05) is 42.4 Å². The lowest BCUT2D eigenvalue weighted by molar-refractivity contribution is 0.0950. The molecule has 0 radical (unpaired) electrons. The van der Waals surface area contributed by atoms with Gasteiger partial charge in [-0.1, -0.05) is 6.07 Å². The topological polar surface area (TPSA) is 61.9 Å². The van der Waals surface area contributed by atoms with Crippen molar-refractivity contribution in [2.24, 2.45) is 0 Å². The van der Waals surface area contributed by atoms with Crippen molar-refractivity contribution in [1.82, 2.24) is 10.2 Å². The van der Waals surface area contributed by atoms with E-state index in [1.54, 1.807) is 26.1 Å². The molecule has 1 N–H and O–H groups in total. The smallest absolute Gasteiger partial charge is 0.325 e. The Kier molecular flexibility index (Phi) is 7.41. The first kappa shape index (κ1) is 26.4. The quantitative estimate of drug-likeness (QED) is 0.365. The lowest BCUT2D eigenvalue weighted by atomic mass is 9.98. The monoisotopic (exact) mass is 533 g/mol. The second-order valence-corrected chi connectivity index (χ2v) is 9.27. The van der Waals surface area contributed by atoms with E-state index in [0.29, 0.717) is 11.3 Å². The Hall–Kier alpha value is -3.65. The minimum atomic E-state index is -1.12. The van der Waals surface area contributed by atoms with Crippen molar-refractivity contribution in [1.29, 1.82) is 0 Å². The molecule has 2 unspecified atom stereocenters.